The second-order valence-corrected chi connectivity index (χ2v) is 21.8. The van der Waals surface area contributed by atoms with Crippen molar-refractivity contribution in [1.82, 2.24) is 19.1 Å². The first-order valence-electron chi connectivity index (χ1n) is 28.8. The van der Waals surface area contributed by atoms with E-state index in [0.29, 0.717) is 28.1 Å². The molecule has 0 aliphatic heterocycles. The Morgan fingerprint density at radius 2 is 0.557 bits per heavy atom. The van der Waals surface area contributed by atoms with Crippen molar-refractivity contribution < 1.29 is 0 Å². The summed E-state index contributed by atoms with van der Waals surface area (Å²) < 4.78 is 4.76. The molecule has 15 aromatic rings. The number of para-hydroxylation sites is 1. The van der Waals surface area contributed by atoms with E-state index in [4.69, 9.17) is 9.97 Å². The number of fused-ring (bicyclic) bond motifs is 6. The van der Waals surface area contributed by atoms with Crippen molar-refractivity contribution in [3.63, 3.8) is 0 Å². The van der Waals surface area contributed by atoms with Crippen molar-refractivity contribution in [3.05, 3.63) is 301 Å². The Hall–Kier alpha value is -12.7. The molecule has 0 unspecified atom stereocenters. The van der Waals surface area contributed by atoms with Crippen LogP contribution >= 0.6 is 0 Å². The highest BCUT2D eigenvalue weighted by atomic mass is 15.0. The molecule has 0 atom stereocenters. The van der Waals surface area contributed by atoms with Gasteiger partial charge in [0.2, 0.25) is 0 Å². The molecule has 0 aliphatic carbocycles. The summed E-state index contributed by atoms with van der Waals surface area (Å²) >= 11 is 0. The van der Waals surface area contributed by atoms with Crippen molar-refractivity contribution in [2.75, 3.05) is 0 Å². The number of nitriles is 4. The second kappa shape index (κ2) is 21.8. The zero-order valence-electron chi connectivity index (χ0n) is 47.1. The van der Waals surface area contributed by atoms with E-state index in [1.54, 1.807) is 0 Å². The predicted octanol–water partition coefficient (Wildman–Crippen LogP) is 19.5. The summed E-state index contributed by atoms with van der Waals surface area (Å²) in [6, 6.07) is 104. The third-order valence-corrected chi connectivity index (χ3v) is 16.7. The third kappa shape index (κ3) is 9.17. The van der Waals surface area contributed by atoms with Gasteiger partial charge in [-0.3, -0.25) is 0 Å². The molecule has 0 spiro atoms. The van der Waals surface area contributed by atoms with E-state index in [-0.39, 0.29) is 0 Å². The minimum Gasteiger partial charge on any atom is -0.309 e. The molecule has 406 valence electrons. The molecule has 0 saturated carbocycles. The largest absolute Gasteiger partial charge is 0.309 e. The lowest BCUT2D eigenvalue weighted by Crippen LogP contribution is -2.04. The van der Waals surface area contributed by atoms with Crippen LogP contribution in [0.25, 0.3) is 145 Å². The molecule has 0 saturated heterocycles. The molecular weight excluding hydrogens is 1070 g/mol. The minimum absolute atomic E-state index is 0.556. The van der Waals surface area contributed by atoms with E-state index in [2.05, 4.69) is 179 Å². The second-order valence-electron chi connectivity index (χ2n) is 21.8. The van der Waals surface area contributed by atoms with Gasteiger partial charge in [0.05, 0.1) is 91.4 Å². The first-order valence-corrected chi connectivity index (χ1v) is 28.8. The van der Waals surface area contributed by atoms with Crippen LogP contribution in [0, 0.1) is 45.3 Å². The molecule has 3 aromatic heterocycles. The maximum atomic E-state index is 9.74. The van der Waals surface area contributed by atoms with E-state index < -0.39 is 0 Å². The molecule has 3 heterocycles. The zero-order chi connectivity index (χ0) is 59.2. The van der Waals surface area contributed by atoms with Crippen LogP contribution in [0.1, 0.15) is 22.3 Å². The van der Waals surface area contributed by atoms with Gasteiger partial charge in [-0.05, 0) is 160 Å². The molecular formula is C80H46N8. The summed E-state index contributed by atoms with van der Waals surface area (Å²) in [5.41, 5.74) is 22.4. The molecule has 0 radical (unpaired) electrons. The van der Waals surface area contributed by atoms with Gasteiger partial charge in [-0.15, -0.1) is 0 Å². The molecule has 15 rings (SSSR count). The molecule has 0 fully saturated rings. The Labute approximate surface area is 507 Å². The highest BCUT2D eigenvalue weighted by molar-refractivity contribution is 6.14. The van der Waals surface area contributed by atoms with E-state index in [1.807, 2.05) is 133 Å². The standard InChI is InChI=1S/C80H46N8/c81-47-51-18-26-55(27-19-51)61-34-38-74-67(42-61)68-43-62(56-28-20-52(48-82)21-29-56)35-39-75(68)87(74)73-16-8-7-14-65(73)79-66(80-85-71(59-10-3-1-4-11-59)46-72(86-80)60-12-5-2-6-13-60)15-9-17-78(79)88-76-40-36-63(57-30-22-53(49-83)23-31-57)44-69(76)70-45-64(37-41-77(70)88)58-32-24-54(50-84)25-33-58/h1-46H. The fourth-order valence-corrected chi connectivity index (χ4v) is 12.4. The van der Waals surface area contributed by atoms with Crippen LogP contribution in [0.2, 0.25) is 0 Å². The van der Waals surface area contributed by atoms with Crippen molar-refractivity contribution in [1.29, 1.82) is 21.0 Å². The molecule has 0 bridgehead atoms. The fourth-order valence-electron chi connectivity index (χ4n) is 12.4. The van der Waals surface area contributed by atoms with Gasteiger partial charge in [0.15, 0.2) is 5.82 Å². The van der Waals surface area contributed by atoms with Gasteiger partial charge in [-0.1, -0.05) is 164 Å². The smallest absolute Gasteiger partial charge is 0.161 e. The van der Waals surface area contributed by atoms with Gasteiger partial charge < -0.3 is 9.13 Å². The van der Waals surface area contributed by atoms with Crippen LogP contribution < -0.4 is 0 Å². The maximum absolute atomic E-state index is 9.74. The van der Waals surface area contributed by atoms with Crippen LogP contribution in [0.4, 0.5) is 0 Å². The fraction of sp³-hybridized carbons (Fsp3) is 0. The highest BCUT2D eigenvalue weighted by Gasteiger charge is 2.26. The molecule has 88 heavy (non-hydrogen) atoms. The molecule has 8 nitrogen and oxygen atoms in total. The van der Waals surface area contributed by atoms with E-state index in [9.17, 15) is 21.0 Å². The first-order chi connectivity index (χ1) is 43.4. The van der Waals surface area contributed by atoms with E-state index in [1.165, 1.54) is 0 Å². The monoisotopic (exact) mass is 1120 g/mol. The Kier molecular flexibility index (Phi) is 12.9. The van der Waals surface area contributed by atoms with Crippen molar-refractivity contribution >= 4 is 43.6 Å². The van der Waals surface area contributed by atoms with Crippen molar-refractivity contribution in [2.45, 2.75) is 0 Å². The van der Waals surface area contributed by atoms with Gasteiger partial charge in [-0.25, -0.2) is 9.97 Å². The Balaban J connectivity index is 1.04. The topological polar surface area (TPSA) is 131 Å². The third-order valence-electron chi connectivity index (χ3n) is 16.7. The summed E-state index contributed by atoms with van der Waals surface area (Å²) in [6.45, 7) is 0. The lowest BCUT2D eigenvalue weighted by Gasteiger charge is -2.21. The minimum atomic E-state index is 0.556. The lowest BCUT2D eigenvalue weighted by atomic mass is 9.94. The number of aromatic nitrogens is 4. The summed E-state index contributed by atoms with van der Waals surface area (Å²) in [5, 5.41) is 43.1. The number of hydrogen-bond acceptors (Lipinski definition) is 6. The van der Waals surface area contributed by atoms with Gasteiger partial charge >= 0.3 is 0 Å². The highest BCUT2D eigenvalue weighted by Crippen LogP contribution is 2.47. The van der Waals surface area contributed by atoms with Crippen LogP contribution in [0.15, 0.2) is 279 Å². The van der Waals surface area contributed by atoms with Gasteiger partial charge in [0.1, 0.15) is 0 Å². The molecule has 0 amide bonds. The Bertz CT molecular complexity index is 5150. The van der Waals surface area contributed by atoms with Crippen LogP contribution in [-0.2, 0) is 0 Å². The van der Waals surface area contributed by atoms with E-state index in [0.717, 1.165) is 139 Å². The van der Waals surface area contributed by atoms with Crippen LogP contribution in [-0.4, -0.2) is 19.1 Å². The first kappa shape index (κ1) is 52.1. The number of benzene rings is 12. The maximum Gasteiger partial charge on any atom is 0.161 e. The van der Waals surface area contributed by atoms with Gasteiger partial charge in [-0.2, -0.15) is 21.0 Å². The SMILES string of the molecule is N#Cc1ccc(-c2ccc3c(c2)c2cc(-c4ccc(C#N)cc4)ccc2n3-c2ccccc2-c2c(-c3nc(-c4ccccc4)cc(-c4ccccc4)n3)cccc2-n2c3ccc(-c4ccc(C#N)cc4)cc3c3cc(-c4ccc(C#N)cc4)ccc32)cc1. The summed E-state index contributed by atoms with van der Waals surface area (Å²) in [5.74, 6) is 0.556. The van der Waals surface area contributed by atoms with Crippen molar-refractivity contribution in [2.24, 2.45) is 0 Å². The van der Waals surface area contributed by atoms with Crippen LogP contribution in [0.3, 0.4) is 0 Å². The predicted molar refractivity (Wildman–Crippen MR) is 353 cm³/mol. The Morgan fingerprint density at radius 1 is 0.250 bits per heavy atom. The normalized spacial score (nSPS) is 11.1. The quantitative estimate of drug-likeness (QED) is 0.134. The zero-order valence-corrected chi connectivity index (χ0v) is 47.1. The lowest BCUT2D eigenvalue weighted by molar-refractivity contribution is 1.15. The van der Waals surface area contributed by atoms with E-state index >= 15 is 0 Å². The molecule has 12 aromatic carbocycles. The van der Waals surface area contributed by atoms with Crippen LogP contribution in [0.5, 0.6) is 0 Å². The Morgan fingerprint density at radius 3 is 0.920 bits per heavy atom. The molecule has 0 aliphatic rings. The number of nitrogens with zero attached hydrogens (tertiary/aromatic N) is 8. The molecule has 8 heteroatoms. The number of hydrogen-bond donors (Lipinski definition) is 0. The summed E-state index contributed by atoms with van der Waals surface area (Å²) in [6.07, 6.45) is 0. The average Bonchev–Trinajstić information content (AvgIpc) is 1.59. The van der Waals surface area contributed by atoms with Gasteiger partial charge in [0.25, 0.3) is 0 Å². The average molecular weight is 1120 g/mol. The van der Waals surface area contributed by atoms with Gasteiger partial charge in [0, 0.05) is 49.4 Å². The summed E-state index contributed by atoms with van der Waals surface area (Å²) in [7, 11) is 0. The number of rotatable bonds is 10. The summed E-state index contributed by atoms with van der Waals surface area (Å²) in [4.78, 5) is 11.1. The molecule has 0 N–H and O–H groups in total. The van der Waals surface area contributed by atoms with Crippen molar-refractivity contribution in [3.8, 4) is 125 Å².